The zero-order valence-corrected chi connectivity index (χ0v) is 21.9. The first-order chi connectivity index (χ1) is 18.0. The molecule has 1 saturated heterocycles. The minimum absolute atomic E-state index is 0.0384. The second-order valence-corrected chi connectivity index (χ2v) is 9.46. The fourth-order valence-electron chi connectivity index (χ4n) is 4.43. The number of anilines is 1. The highest BCUT2D eigenvalue weighted by molar-refractivity contribution is 5.84. The molecule has 0 saturated carbocycles. The number of nitrogens with zero attached hydrogens (tertiary/aromatic N) is 5. The molecular weight excluding hydrogens is 464 g/mol. The Hall–Kier alpha value is -3.94. The molecule has 37 heavy (non-hydrogen) atoms. The standard InChI is InChI=1S/C29H36N6O2/c1-4-16-30-29(37)35(23(3)24-8-6-5-7-9-24)21-28(36)34-19-17-33(18-20-34)27-15-14-26(31-32-27)25-12-10-22(2)11-13-25/h5-15,23H,4,16-21H2,1-3H3,(H,30,37)/t23-/m0/s1. The molecule has 2 heterocycles. The van der Waals surface area contributed by atoms with E-state index in [2.05, 4.69) is 39.5 Å². The van der Waals surface area contributed by atoms with Gasteiger partial charge < -0.3 is 20.0 Å². The number of piperazine rings is 1. The number of aryl methyl sites for hydroxylation is 1. The van der Waals surface area contributed by atoms with Gasteiger partial charge >= 0.3 is 6.03 Å². The van der Waals surface area contributed by atoms with Crippen LogP contribution in [0.25, 0.3) is 11.3 Å². The lowest BCUT2D eigenvalue weighted by atomic mass is 10.1. The van der Waals surface area contributed by atoms with E-state index >= 15 is 0 Å². The van der Waals surface area contributed by atoms with E-state index in [0.29, 0.717) is 32.7 Å². The molecule has 3 amide bonds. The summed E-state index contributed by atoms with van der Waals surface area (Å²) >= 11 is 0. The zero-order chi connectivity index (χ0) is 26.2. The van der Waals surface area contributed by atoms with Crippen molar-refractivity contribution in [2.75, 3.05) is 44.2 Å². The Labute approximate surface area is 219 Å². The highest BCUT2D eigenvalue weighted by Gasteiger charge is 2.28. The second-order valence-electron chi connectivity index (χ2n) is 9.46. The van der Waals surface area contributed by atoms with Crippen molar-refractivity contribution in [2.45, 2.75) is 33.2 Å². The number of aromatic nitrogens is 2. The molecule has 1 atom stereocenters. The molecule has 1 aliphatic rings. The third-order valence-electron chi connectivity index (χ3n) is 6.80. The average molecular weight is 501 g/mol. The molecule has 0 spiro atoms. The van der Waals surface area contributed by atoms with Crippen molar-refractivity contribution in [2.24, 2.45) is 0 Å². The number of nitrogens with one attached hydrogen (secondary N) is 1. The molecule has 0 radical (unpaired) electrons. The minimum Gasteiger partial charge on any atom is -0.352 e. The lowest BCUT2D eigenvalue weighted by Crippen LogP contribution is -2.53. The van der Waals surface area contributed by atoms with Crippen molar-refractivity contribution < 1.29 is 9.59 Å². The van der Waals surface area contributed by atoms with Gasteiger partial charge in [-0.15, -0.1) is 10.2 Å². The van der Waals surface area contributed by atoms with Gasteiger partial charge in [-0.25, -0.2) is 4.79 Å². The lowest BCUT2D eigenvalue weighted by molar-refractivity contribution is -0.132. The highest BCUT2D eigenvalue weighted by atomic mass is 16.2. The van der Waals surface area contributed by atoms with Crippen LogP contribution in [0.5, 0.6) is 0 Å². The molecule has 1 aliphatic heterocycles. The number of rotatable bonds is 8. The van der Waals surface area contributed by atoms with E-state index in [9.17, 15) is 9.59 Å². The van der Waals surface area contributed by atoms with Crippen LogP contribution >= 0.6 is 0 Å². The first-order valence-electron chi connectivity index (χ1n) is 13.0. The van der Waals surface area contributed by atoms with E-state index in [1.807, 2.05) is 73.3 Å². The normalized spacial score (nSPS) is 14.2. The molecular formula is C29H36N6O2. The number of benzene rings is 2. The molecule has 4 rings (SSSR count). The average Bonchev–Trinajstić information content (AvgIpc) is 2.95. The summed E-state index contributed by atoms with van der Waals surface area (Å²) in [4.78, 5) is 31.8. The number of urea groups is 1. The van der Waals surface area contributed by atoms with Gasteiger partial charge in [0.25, 0.3) is 0 Å². The number of hydrogen-bond acceptors (Lipinski definition) is 5. The smallest absolute Gasteiger partial charge is 0.318 e. The Bertz CT molecular complexity index is 1160. The van der Waals surface area contributed by atoms with Gasteiger partial charge in [0.15, 0.2) is 5.82 Å². The van der Waals surface area contributed by atoms with E-state index in [0.717, 1.165) is 29.1 Å². The first kappa shape index (κ1) is 26.1. The topological polar surface area (TPSA) is 81.7 Å². The third-order valence-corrected chi connectivity index (χ3v) is 6.80. The van der Waals surface area contributed by atoms with Crippen LogP contribution in [0.1, 0.15) is 37.4 Å². The number of carbonyl (C=O) groups is 2. The van der Waals surface area contributed by atoms with Crippen LogP contribution < -0.4 is 10.2 Å². The van der Waals surface area contributed by atoms with Gasteiger partial charge in [-0.1, -0.05) is 67.1 Å². The molecule has 8 heteroatoms. The lowest BCUT2D eigenvalue weighted by Gasteiger charge is -2.37. The Balaban J connectivity index is 1.36. The van der Waals surface area contributed by atoms with Crippen LogP contribution in [0.4, 0.5) is 10.6 Å². The number of amides is 3. The van der Waals surface area contributed by atoms with E-state index in [1.54, 1.807) is 4.90 Å². The zero-order valence-electron chi connectivity index (χ0n) is 21.9. The van der Waals surface area contributed by atoms with Crippen molar-refractivity contribution in [1.29, 1.82) is 0 Å². The van der Waals surface area contributed by atoms with Crippen LogP contribution in [0.3, 0.4) is 0 Å². The van der Waals surface area contributed by atoms with Crippen LogP contribution in [0.2, 0.25) is 0 Å². The summed E-state index contributed by atoms with van der Waals surface area (Å²) in [6.07, 6.45) is 0.837. The van der Waals surface area contributed by atoms with E-state index < -0.39 is 0 Å². The largest absolute Gasteiger partial charge is 0.352 e. The fraction of sp³-hybridized carbons (Fsp3) is 0.379. The maximum absolute atomic E-state index is 13.2. The van der Waals surface area contributed by atoms with E-state index in [1.165, 1.54) is 5.56 Å². The van der Waals surface area contributed by atoms with E-state index in [-0.39, 0.29) is 24.5 Å². The number of carbonyl (C=O) groups excluding carboxylic acids is 2. The summed E-state index contributed by atoms with van der Waals surface area (Å²) in [5.74, 6) is 0.760. The van der Waals surface area contributed by atoms with Gasteiger partial charge in [-0.05, 0) is 38.0 Å². The summed E-state index contributed by atoms with van der Waals surface area (Å²) in [5, 5.41) is 11.8. The van der Waals surface area contributed by atoms with Gasteiger partial charge in [0.2, 0.25) is 5.91 Å². The quantitative estimate of drug-likeness (QED) is 0.499. The first-order valence-corrected chi connectivity index (χ1v) is 13.0. The van der Waals surface area contributed by atoms with Crippen LogP contribution in [0.15, 0.2) is 66.7 Å². The summed E-state index contributed by atoms with van der Waals surface area (Å²) in [5.41, 5.74) is 4.09. The monoisotopic (exact) mass is 500 g/mol. The van der Waals surface area contributed by atoms with Crippen molar-refractivity contribution in [3.8, 4) is 11.3 Å². The van der Waals surface area contributed by atoms with Gasteiger partial charge in [0, 0.05) is 38.3 Å². The van der Waals surface area contributed by atoms with Crippen LogP contribution in [-0.4, -0.2) is 71.2 Å². The third kappa shape index (κ3) is 6.64. The SMILES string of the molecule is CCCNC(=O)N(CC(=O)N1CCN(c2ccc(-c3ccc(C)cc3)nn2)CC1)[C@@H](C)c1ccccc1. The predicted molar refractivity (Wildman–Crippen MR) is 146 cm³/mol. The van der Waals surface area contributed by atoms with Crippen LogP contribution in [0, 0.1) is 6.92 Å². The number of hydrogen-bond donors (Lipinski definition) is 1. The summed E-state index contributed by atoms with van der Waals surface area (Å²) in [7, 11) is 0. The van der Waals surface area contributed by atoms with Crippen molar-refractivity contribution in [1.82, 2.24) is 25.3 Å². The maximum Gasteiger partial charge on any atom is 0.318 e. The molecule has 1 fully saturated rings. The molecule has 1 N–H and O–H groups in total. The summed E-state index contributed by atoms with van der Waals surface area (Å²) < 4.78 is 0. The van der Waals surface area contributed by atoms with Crippen molar-refractivity contribution in [3.05, 3.63) is 77.9 Å². The molecule has 1 aromatic heterocycles. The molecule has 0 bridgehead atoms. The molecule has 0 aliphatic carbocycles. The molecule has 8 nitrogen and oxygen atoms in total. The molecule has 194 valence electrons. The Morgan fingerprint density at radius 3 is 2.27 bits per heavy atom. The van der Waals surface area contributed by atoms with Gasteiger partial charge in [-0.2, -0.15) is 0 Å². The van der Waals surface area contributed by atoms with Crippen molar-refractivity contribution in [3.63, 3.8) is 0 Å². The maximum atomic E-state index is 13.2. The highest BCUT2D eigenvalue weighted by Crippen LogP contribution is 2.22. The van der Waals surface area contributed by atoms with Gasteiger partial charge in [-0.3, -0.25) is 4.79 Å². The fourth-order valence-corrected chi connectivity index (χ4v) is 4.43. The van der Waals surface area contributed by atoms with Gasteiger partial charge in [0.05, 0.1) is 11.7 Å². The Morgan fingerprint density at radius 2 is 1.65 bits per heavy atom. The minimum atomic E-state index is -0.217. The van der Waals surface area contributed by atoms with E-state index in [4.69, 9.17) is 0 Å². The molecule has 2 aromatic carbocycles. The molecule has 3 aromatic rings. The van der Waals surface area contributed by atoms with Crippen molar-refractivity contribution >= 4 is 17.8 Å². The Kier molecular flexibility index (Phi) is 8.72. The van der Waals surface area contributed by atoms with Gasteiger partial charge in [0.1, 0.15) is 6.54 Å². The second kappa shape index (κ2) is 12.3. The van der Waals surface area contributed by atoms with Crippen LogP contribution in [-0.2, 0) is 4.79 Å². The summed E-state index contributed by atoms with van der Waals surface area (Å²) in [6, 6.07) is 21.6. The predicted octanol–water partition coefficient (Wildman–Crippen LogP) is 4.28. The summed E-state index contributed by atoms with van der Waals surface area (Å²) in [6.45, 7) is 9.13. The molecule has 0 unspecified atom stereocenters. The Morgan fingerprint density at radius 1 is 0.946 bits per heavy atom.